The van der Waals surface area contributed by atoms with Crippen molar-refractivity contribution < 1.29 is 23.1 Å². The Morgan fingerprint density at radius 1 is 1.16 bits per heavy atom. The summed E-state index contributed by atoms with van der Waals surface area (Å²) in [5, 5.41) is 8.48. The summed E-state index contributed by atoms with van der Waals surface area (Å²) < 4.78 is 22.5. The number of furan rings is 1. The van der Waals surface area contributed by atoms with Crippen molar-refractivity contribution in [3.63, 3.8) is 0 Å². The van der Waals surface area contributed by atoms with Gasteiger partial charge in [-0.05, 0) is 43.5 Å². The summed E-state index contributed by atoms with van der Waals surface area (Å²) in [4.78, 5) is 14.9. The highest BCUT2D eigenvalue weighted by atomic mass is 32.2. The van der Waals surface area contributed by atoms with Crippen LogP contribution < -0.4 is 9.47 Å². The standard InChI is InChI=1S/C22H23N3O5S/c1-14-16(7-11-27-14)21-23-24-22(30-21)31-13-20(26)25-8-2-4-17(25)15-5-6-18-19(12-15)29-10-3-9-28-18/h5-7,11-12,17H,2-4,8-10,13H2,1H3. The summed E-state index contributed by atoms with van der Waals surface area (Å²) >= 11 is 1.26. The molecule has 0 radical (unpaired) electrons. The minimum absolute atomic E-state index is 0.0390. The lowest BCUT2D eigenvalue weighted by molar-refractivity contribution is -0.129. The molecule has 0 spiro atoms. The number of nitrogens with zero attached hydrogens (tertiary/aromatic N) is 3. The maximum absolute atomic E-state index is 13.0. The number of thioether (sulfide) groups is 1. The number of amides is 1. The lowest BCUT2D eigenvalue weighted by atomic mass is 10.0. The second-order valence-corrected chi connectivity index (χ2v) is 8.48. The quantitative estimate of drug-likeness (QED) is 0.543. The zero-order valence-corrected chi connectivity index (χ0v) is 18.0. The third-order valence-electron chi connectivity index (χ3n) is 5.54. The van der Waals surface area contributed by atoms with Gasteiger partial charge in [-0.1, -0.05) is 17.8 Å². The van der Waals surface area contributed by atoms with Crippen molar-refractivity contribution in [2.75, 3.05) is 25.5 Å². The van der Waals surface area contributed by atoms with E-state index in [1.165, 1.54) is 11.8 Å². The Hall–Kier alpha value is -2.94. The van der Waals surface area contributed by atoms with Crippen LogP contribution in [0.25, 0.3) is 11.5 Å². The van der Waals surface area contributed by atoms with E-state index in [1.807, 2.05) is 30.0 Å². The van der Waals surface area contributed by atoms with Crippen LogP contribution in [0.3, 0.4) is 0 Å². The molecule has 0 bridgehead atoms. The third-order valence-corrected chi connectivity index (χ3v) is 6.35. The number of likely N-dealkylation sites (tertiary alicyclic amines) is 1. The molecule has 4 heterocycles. The minimum atomic E-state index is 0.0390. The number of ether oxygens (including phenoxy) is 2. The molecule has 1 unspecified atom stereocenters. The predicted molar refractivity (Wildman–Crippen MR) is 113 cm³/mol. The maximum Gasteiger partial charge on any atom is 0.277 e. The fourth-order valence-corrected chi connectivity index (χ4v) is 4.64. The number of benzene rings is 1. The minimum Gasteiger partial charge on any atom is -0.490 e. The number of hydrogen-bond donors (Lipinski definition) is 0. The molecule has 31 heavy (non-hydrogen) atoms. The van der Waals surface area contributed by atoms with Gasteiger partial charge in [0.05, 0.1) is 36.8 Å². The molecule has 9 heteroatoms. The van der Waals surface area contributed by atoms with Crippen LogP contribution >= 0.6 is 11.8 Å². The van der Waals surface area contributed by atoms with E-state index in [-0.39, 0.29) is 17.7 Å². The highest BCUT2D eigenvalue weighted by Gasteiger charge is 2.31. The first-order valence-electron chi connectivity index (χ1n) is 10.4. The van der Waals surface area contributed by atoms with Gasteiger partial charge in [-0.2, -0.15) is 0 Å². The van der Waals surface area contributed by atoms with Crippen LogP contribution in [0.5, 0.6) is 11.5 Å². The van der Waals surface area contributed by atoms with Crippen molar-refractivity contribution in [1.82, 2.24) is 15.1 Å². The van der Waals surface area contributed by atoms with E-state index in [1.54, 1.807) is 12.3 Å². The molecular formula is C22H23N3O5S. The third kappa shape index (κ3) is 4.14. The molecule has 2 aromatic heterocycles. The fraction of sp³-hybridized carbons (Fsp3) is 0.409. The van der Waals surface area contributed by atoms with Gasteiger partial charge in [0.25, 0.3) is 11.1 Å². The summed E-state index contributed by atoms with van der Waals surface area (Å²) in [5.74, 6) is 2.94. The number of hydrogen-bond acceptors (Lipinski definition) is 8. The fourth-order valence-electron chi connectivity index (χ4n) is 3.99. The molecule has 1 atom stereocenters. The molecule has 1 amide bonds. The molecule has 1 aromatic carbocycles. The maximum atomic E-state index is 13.0. The van der Waals surface area contributed by atoms with Gasteiger partial charge in [0.2, 0.25) is 5.91 Å². The van der Waals surface area contributed by atoms with E-state index in [2.05, 4.69) is 10.2 Å². The van der Waals surface area contributed by atoms with E-state index in [9.17, 15) is 4.79 Å². The van der Waals surface area contributed by atoms with Crippen LogP contribution in [0, 0.1) is 6.92 Å². The summed E-state index contributed by atoms with van der Waals surface area (Å²) in [5.41, 5.74) is 1.84. The van der Waals surface area contributed by atoms with Crippen molar-refractivity contribution in [2.24, 2.45) is 0 Å². The molecule has 162 valence electrons. The number of rotatable bonds is 5. The van der Waals surface area contributed by atoms with Crippen LogP contribution in [0.1, 0.15) is 36.6 Å². The average Bonchev–Trinajstić information content (AvgIpc) is 3.50. The average molecular weight is 442 g/mol. The number of carbonyl (C=O) groups excluding carboxylic acids is 1. The first kappa shape index (κ1) is 20.0. The second-order valence-electron chi connectivity index (χ2n) is 7.55. The van der Waals surface area contributed by atoms with Crippen LogP contribution in [-0.2, 0) is 4.79 Å². The summed E-state index contributed by atoms with van der Waals surface area (Å²) in [6.07, 6.45) is 4.35. The van der Waals surface area contributed by atoms with Crippen molar-refractivity contribution in [2.45, 2.75) is 37.5 Å². The second kappa shape index (κ2) is 8.66. The Morgan fingerprint density at radius 2 is 2.03 bits per heavy atom. The Labute approximate surface area is 183 Å². The molecule has 3 aromatic rings. The predicted octanol–water partition coefficient (Wildman–Crippen LogP) is 4.26. The van der Waals surface area contributed by atoms with E-state index in [0.717, 1.165) is 48.4 Å². The zero-order valence-electron chi connectivity index (χ0n) is 17.2. The molecule has 2 aliphatic heterocycles. The monoisotopic (exact) mass is 441 g/mol. The van der Waals surface area contributed by atoms with Crippen LogP contribution in [0.4, 0.5) is 0 Å². The van der Waals surface area contributed by atoms with E-state index in [4.69, 9.17) is 18.3 Å². The first-order chi connectivity index (χ1) is 15.2. The first-order valence-corrected chi connectivity index (χ1v) is 11.4. The van der Waals surface area contributed by atoms with Gasteiger partial charge in [-0.15, -0.1) is 10.2 Å². The van der Waals surface area contributed by atoms with Crippen molar-refractivity contribution in [3.8, 4) is 23.0 Å². The van der Waals surface area contributed by atoms with Gasteiger partial charge in [0.1, 0.15) is 5.76 Å². The molecule has 8 nitrogen and oxygen atoms in total. The van der Waals surface area contributed by atoms with Gasteiger partial charge < -0.3 is 23.2 Å². The molecule has 0 saturated carbocycles. The number of aryl methyl sites for hydroxylation is 1. The Bertz CT molecular complexity index is 1080. The van der Waals surface area contributed by atoms with Gasteiger partial charge in [0.15, 0.2) is 11.5 Å². The molecule has 0 N–H and O–H groups in total. The molecule has 2 aliphatic rings. The Kier molecular flexibility index (Phi) is 5.59. The summed E-state index contributed by atoms with van der Waals surface area (Å²) in [7, 11) is 0. The number of fused-ring (bicyclic) bond motifs is 1. The van der Waals surface area contributed by atoms with Crippen LogP contribution in [-0.4, -0.2) is 46.5 Å². The number of aromatic nitrogens is 2. The molecule has 5 rings (SSSR count). The lowest BCUT2D eigenvalue weighted by Gasteiger charge is -2.25. The van der Waals surface area contributed by atoms with E-state index < -0.39 is 0 Å². The van der Waals surface area contributed by atoms with Crippen molar-refractivity contribution in [3.05, 3.63) is 41.9 Å². The normalized spacial score (nSPS) is 18.2. The summed E-state index contributed by atoms with van der Waals surface area (Å²) in [6.45, 7) is 3.88. The largest absolute Gasteiger partial charge is 0.490 e. The van der Waals surface area contributed by atoms with Crippen molar-refractivity contribution in [1.29, 1.82) is 0 Å². The van der Waals surface area contributed by atoms with Gasteiger partial charge >= 0.3 is 0 Å². The highest BCUT2D eigenvalue weighted by Crippen LogP contribution is 2.38. The molecule has 1 saturated heterocycles. The van der Waals surface area contributed by atoms with Crippen molar-refractivity contribution >= 4 is 17.7 Å². The Balaban J connectivity index is 1.25. The zero-order chi connectivity index (χ0) is 21.2. The molecule has 0 aliphatic carbocycles. The highest BCUT2D eigenvalue weighted by molar-refractivity contribution is 7.99. The SMILES string of the molecule is Cc1occc1-c1nnc(SCC(=O)N2CCCC2c2ccc3c(c2)OCCCO3)o1. The molecule has 1 fully saturated rings. The van der Waals surface area contributed by atoms with Crippen LogP contribution in [0.15, 0.2) is 44.6 Å². The van der Waals surface area contributed by atoms with Gasteiger partial charge in [-0.3, -0.25) is 4.79 Å². The van der Waals surface area contributed by atoms with Crippen LogP contribution in [0.2, 0.25) is 0 Å². The number of carbonyl (C=O) groups is 1. The lowest BCUT2D eigenvalue weighted by Crippen LogP contribution is -2.32. The smallest absolute Gasteiger partial charge is 0.277 e. The van der Waals surface area contributed by atoms with E-state index in [0.29, 0.717) is 30.1 Å². The van der Waals surface area contributed by atoms with Gasteiger partial charge in [-0.25, -0.2) is 0 Å². The molecular weight excluding hydrogens is 418 g/mol. The van der Waals surface area contributed by atoms with E-state index >= 15 is 0 Å². The van der Waals surface area contributed by atoms with Gasteiger partial charge in [0, 0.05) is 13.0 Å². The summed E-state index contributed by atoms with van der Waals surface area (Å²) in [6, 6.07) is 7.82. The Morgan fingerprint density at radius 3 is 2.87 bits per heavy atom. The topological polar surface area (TPSA) is 90.8 Å².